The minimum atomic E-state index is -0.241. The fraction of sp³-hybridized carbons (Fsp3) is 0.375. The summed E-state index contributed by atoms with van der Waals surface area (Å²) in [4.78, 5) is 13.6. The Balaban J connectivity index is 2.07. The second-order valence-corrected chi connectivity index (χ2v) is 5.41. The predicted octanol–water partition coefficient (Wildman–Crippen LogP) is 1.95. The van der Waals surface area contributed by atoms with Gasteiger partial charge in [0.25, 0.3) is 0 Å². The Labute approximate surface area is 123 Å². The van der Waals surface area contributed by atoms with Gasteiger partial charge in [-0.1, -0.05) is 18.2 Å². The molecule has 1 fully saturated rings. The second kappa shape index (κ2) is 5.69. The smallest absolute Gasteiger partial charge is 0.155 e. The molecule has 110 valence electrons. The number of benzene rings is 1. The van der Waals surface area contributed by atoms with Gasteiger partial charge < -0.3 is 10.0 Å². The van der Waals surface area contributed by atoms with E-state index in [0.717, 1.165) is 49.4 Å². The van der Waals surface area contributed by atoms with E-state index in [4.69, 9.17) is 0 Å². The molecule has 1 N–H and O–H groups in total. The van der Waals surface area contributed by atoms with Crippen LogP contribution in [0.3, 0.4) is 0 Å². The highest BCUT2D eigenvalue weighted by Crippen LogP contribution is 2.28. The van der Waals surface area contributed by atoms with Crippen molar-refractivity contribution in [1.29, 1.82) is 0 Å². The molecule has 0 aliphatic carbocycles. The number of carbonyl (C=O) groups excluding carboxylic acids is 1. The molecule has 0 amide bonds. The zero-order chi connectivity index (χ0) is 14.8. The highest BCUT2D eigenvalue weighted by molar-refractivity contribution is 5.85. The molecule has 2 heterocycles. The number of rotatable bonds is 3. The van der Waals surface area contributed by atoms with Crippen LogP contribution < -0.4 is 4.90 Å². The monoisotopic (exact) mass is 285 g/mol. The van der Waals surface area contributed by atoms with Crippen LogP contribution in [0, 0.1) is 6.92 Å². The van der Waals surface area contributed by atoms with Crippen LogP contribution in [0.2, 0.25) is 0 Å². The van der Waals surface area contributed by atoms with Crippen LogP contribution >= 0.6 is 0 Å². The Hall–Kier alpha value is -2.14. The van der Waals surface area contributed by atoms with Gasteiger partial charge in [0.1, 0.15) is 5.82 Å². The summed E-state index contributed by atoms with van der Waals surface area (Å²) in [5, 5.41) is 14.2. The van der Waals surface area contributed by atoms with Gasteiger partial charge in [-0.25, -0.2) is 4.68 Å². The third-order valence-corrected chi connectivity index (χ3v) is 3.96. The van der Waals surface area contributed by atoms with Crippen molar-refractivity contribution >= 4 is 12.1 Å². The maximum absolute atomic E-state index is 11.5. The lowest BCUT2D eigenvalue weighted by Gasteiger charge is -2.31. The van der Waals surface area contributed by atoms with Crippen molar-refractivity contribution in [2.75, 3.05) is 18.0 Å². The molecule has 3 rings (SSSR count). The standard InChI is InChI=1S/C16H19N3O2/c1-12-15(11-20)16(18-9-7-14(21)8-10-18)19(17-12)13-5-3-2-4-6-13/h2-6,11,14,21H,7-10H2,1H3. The van der Waals surface area contributed by atoms with E-state index in [1.165, 1.54) is 0 Å². The topological polar surface area (TPSA) is 58.4 Å². The molecule has 0 saturated carbocycles. The summed E-state index contributed by atoms with van der Waals surface area (Å²) in [5.41, 5.74) is 2.31. The van der Waals surface area contributed by atoms with Crippen molar-refractivity contribution in [1.82, 2.24) is 9.78 Å². The number of carbonyl (C=O) groups is 1. The first-order valence-corrected chi connectivity index (χ1v) is 7.24. The van der Waals surface area contributed by atoms with Crippen LogP contribution in [0.15, 0.2) is 30.3 Å². The molecule has 0 spiro atoms. The molecule has 1 saturated heterocycles. The van der Waals surface area contributed by atoms with E-state index < -0.39 is 0 Å². The normalized spacial score (nSPS) is 16.2. The van der Waals surface area contributed by atoms with E-state index in [2.05, 4.69) is 10.00 Å². The largest absolute Gasteiger partial charge is 0.393 e. The number of para-hydroxylation sites is 1. The molecule has 5 heteroatoms. The fourth-order valence-corrected chi connectivity index (χ4v) is 2.80. The molecule has 0 unspecified atom stereocenters. The Morgan fingerprint density at radius 3 is 2.52 bits per heavy atom. The van der Waals surface area contributed by atoms with Crippen molar-refractivity contribution in [3.8, 4) is 5.69 Å². The third kappa shape index (κ3) is 2.56. The lowest BCUT2D eigenvalue weighted by atomic mass is 10.1. The van der Waals surface area contributed by atoms with Gasteiger partial charge in [-0.15, -0.1) is 0 Å². The Kier molecular flexibility index (Phi) is 3.75. The third-order valence-electron chi connectivity index (χ3n) is 3.96. The number of aryl methyl sites for hydroxylation is 1. The van der Waals surface area contributed by atoms with Gasteiger partial charge in [-0.2, -0.15) is 5.10 Å². The first-order valence-electron chi connectivity index (χ1n) is 7.24. The summed E-state index contributed by atoms with van der Waals surface area (Å²) in [5.74, 6) is 0.834. The number of aliphatic hydroxyl groups is 1. The van der Waals surface area contributed by atoms with E-state index in [0.29, 0.717) is 5.56 Å². The van der Waals surface area contributed by atoms with E-state index in [1.807, 2.05) is 41.9 Å². The molecule has 0 bridgehead atoms. The van der Waals surface area contributed by atoms with Gasteiger partial charge in [0.15, 0.2) is 6.29 Å². The second-order valence-electron chi connectivity index (χ2n) is 5.41. The number of aromatic nitrogens is 2. The van der Waals surface area contributed by atoms with Crippen molar-refractivity contribution in [3.63, 3.8) is 0 Å². The highest BCUT2D eigenvalue weighted by atomic mass is 16.3. The molecule has 1 aromatic carbocycles. The summed E-state index contributed by atoms with van der Waals surface area (Å²) in [6, 6.07) is 9.82. The van der Waals surface area contributed by atoms with Crippen LogP contribution in [0.1, 0.15) is 28.9 Å². The van der Waals surface area contributed by atoms with Crippen molar-refractivity contribution < 1.29 is 9.90 Å². The number of hydrogen-bond acceptors (Lipinski definition) is 4. The summed E-state index contributed by atoms with van der Waals surface area (Å²) in [6.45, 7) is 3.32. The lowest BCUT2D eigenvalue weighted by molar-refractivity contribution is 0.112. The predicted molar refractivity (Wildman–Crippen MR) is 81.1 cm³/mol. The molecule has 1 aromatic heterocycles. The Morgan fingerprint density at radius 1 is 1.24 bits per heavy atom. The molecular formula is C16H19N3O2. The maximum atomic E-state index is 11.5. The summed E-state index contributed by atoms with van der Waals surface area (Å²) in [7, 11) is 0. The first-order chi connectivity index (χ1) is 10.2. The highest BCUT2D eigenvalue weighted by Gasteiger charge is 2.25. The van der Waals surface area contributed by atoms with Crippen LogP contribution in [-0.2, 0) is 0 Å². The minimum Gasteiger partial charge on any atom is -0.393 e. The Bertz CT molecular complexity index is 628. The summed E-state index contributed by atoms with van der Waals surface area (Å²) < 4.78 is 1.83. The van der Waals surface area contributed by atoms with E-state index in [9.17, 15) is 9.90 Å². The first kappa shape index (κ1) is 13.8. The summed E-state index contributed by atoms with van der Waals surface area (Å²) in [6.07, 6.45) is 2.08. The van der Waals surface area contributed by atoms with Gasteiger partial charge in [0, 0.05) is 13.1 Å². The van der Waals surface area contributed by atoms with Gasteiger partial charge >= 0.3 is 0 Å². The van der Waals surface area contributed by atoms with E-state index >= 15 is 0 Å². The minimum absolute atomic E-state index is 0.241. The molecule has 5 nitrogen and oxygen atoms in total. The van der Waals surface area contributed by atoms with Crippen LogP contribution in [-0.4, -0.2) is 40.4 Å². The van der Waals surface area contributed by atoms with Crippen molar-refractivity contribution in [2.45, 2.75) is 25.9 Å². The average molecular weight is 285 g/mol. The number of anilines is 1. The molecule has 0 atom stereocenters. The van der Waals surface area contributed by atoms with Gasteiger partial charge in [0.05, 0.1) is 23.0 Å². The zero-order valence-corrected chi connectivity index (χ0v) is 12.1. The van der Waals surface area contributed by atoms with E-state index in [1.54, 1.807) is 0 Å². The van der Waals surface area contributed by atoms with Gasteiger partial charge in [0.2, 0.25) is 0 Å². The number of nitrogens with zero attached hydrogens (tertiary/aromatic N) is 3. The van der Waals surface area contributed by atoms with Gasteiger partial charge in [-0.3, -0.25) is 4.79 Å². The molecule has 21 heavy (non-hydrogen) atoms. The zero-order valence-electron chi connectivity index (χ0n) is 12.1. The lowest BCUT2D eigenvalue weighted by Crippen LogP contribution is -2.37. The molecule has 2 aromatic rings. The van der Waals surface area contributed by atoms with Crippen LogP contribution in [0.4, 0.5) is 5.82 Å². The number of piperidine rings is 1. The van der Waals surface area contributed by atoms with Crippen LogP contribution in [0.5, 0.6) is 0 Å². The van der Waals surface area contributed by atoms with Gasteiger partial charge in [-0.05, 0) is 31.9 Å². The summed E-state index contributed by atoms with van der Waals surface area (Å²) >= 11 is 0. The quantitative estimate of drug-likeness (QED) is 0.876. The average Bonchev–Trinajstić information content (AvgIpc) is 2.85. The molecule has 1 aliphatic heterocycles. The fourth-order valence-electron chi connectivity index (χ4n) is 2.80. The SMILES string of the molecule is Cc1nn(-c2ccccc2)c(N2CCC(O)CC2)c1C=O. The Morgan fingerprint density at radius 2 is 1.90 bits per heavy atom. The molecule has 0 radical (unpaired) electrons. The number of aldehydes is 1. The number of hydrogen-bond donors (Lipinski definition) is 1. The molecule has 1 aliphatic rings. The van der Waals surface area contributed by atoms with Crippen molar-refractivity contribution in [2.24, 2.45) is 0 Å². The van der Waals surface area contributed by atoms with Crippen LogP contribution in [0.25, 0.3) is 5.69 Å². The molecular weight excluding hydrogens is 266 g/mol. The van der Waals surface area contributed by atoms with E-state index in [-0.39, 0.29) is 6.10 Å². The van der Waals surface area contributed by atoms with Crippen molar-refractivity contribution in [3.05, 3.63) is 41.6 Å². The maximum Gasteiger partial charge on any atom is 0.155 e. The number of aliphatic hydroxyl groups excluding tert-OH is 1.